The predicted octanol–water partition coefficient (Wildman–Crippen LogP) is 4.89. The summed E-state index contributed by atoms with van der Waals surface area (Å²) < 4.78 is 0. The first-order valence-corrected chi connectivity index (χ1v) is 8.08. The van der Waals surface area contributed by atoms with Crippen molar-refractivity contribution >= 4 is 0 Å². The molecule has 2 atom stereocenters. The van der Waals surface area contributed by atoms with Crippen LogP contribution in [0.2, 0.25) is 0 Å². The van der Waals surface area contributed by atoms with Gasteiger partial charge in [-0.3, -0.25) is 0 Å². The Bertz CT molecular complexity index is 167. The highest BCUT2D eigenvalue weighted by Crippen LogP contribution is 2.33. The third-order valence-corrected chi connectivity index (χ3v) is 4.55. The SMILES string of the molecule is CCCCCCCCCC1CCCCC1CN. The van der Waals surface area contributed by atoms with Gasteiger partial charge in [-0.25, -0.2) is 0 Å². The van der Waals surface area contributed by atoms with E-state index in [9.17, 15) is 0 Å². The fraction of sp³-hybridized carbons (Fsp3) is 1.00. The third-order valence-electron chi connectivity index (χ3n) is 4.55. The maximum absolute atomic E-state index is 5.88. The number of hydrogen-bond acceptors (Lipinski definition) is 1. The van der Waals surface area contributed by atoms with Crippen molar-refractivity contribution in [2.75, 3.05) is 6.54 Å². The van der Waals surface area contributed by atoms with E-state index in [-0.39, 0.29) is 0 Å². The van der Waals surface area contributed by atoms with Crippen molar-refractivity contribution in [2.45, 2.75) is 84.0 Å². The summed E-state index contributed by atoms with van der Waals surface area (Å²) in [5.74, 6) is 1.81. The van der Waals surface area contributed by atoms with Crippen LogP contribution in [0.3, 0.4) is 0 Å². The molecule has 102 valence electrons. The molecule has 2 N–H and O–H groups in total. The minimum Gasteiger partial charge on any atom is -0.330 e. The summed E-state index contributed by atoms with van der Waals surface area (Å²) in [7, 11) is 0. The van der Waals surface area contributed by atoms with Crippen molar-refractivity contribution in [3.05, 3.63) is 0 Å². The van der Waals surface area contributed by atoms with Gasteiger partial charge < -0.3 is 5.73 Å². The molecule has 1 nitrogen and oxygen atoms in total. The van der Waals surface area contributed by atoms with Crippen molar-refractivity contribution in [3.8, 4) is 0 Å². The van der Waals surface area contributed by atoms with E-state index >= 15 is 0 Å². The lowest BCUT2D eigenvalue weighted by Gasteiger charge is -2.30. The number of unbranched alkanes of at least 4 members (excludes halogenated alkanes) is 6. The van der Waals surface area contributed by atoms with Crippen LogP contribution < -0.4 is 5.73 Å². The van der Waals surface area contributed by atoms with E-state index in [1.807, 2.05) is 0 Å². The monoisotopic (exact) mass is 239 g/mol. The Morgan fingerprint density at radius 3 is 2.06 bits per heavy atom. The molecule has 1 rings (SSSR count). The first kappa shape index (κ1) is 15.0. The molecule has 0 bridgehead atoms. The van der Waals surface area contributed by atoms with Crippen LogP contribution in [0.25, 0.3) is 0 Å². The Labute approximate surface area is 109 Å². The van der Waals surface area contributed by atoms with Gasteiger partial charge in [0.1, 0.15) is 0 Å². The van der Waals surface area contributed by atoms with Gasteiger partial charge in [-0.05, 0) is 24.8 Å². The smallest absolute Gasteiger partial charge is 0.00462 e. The van der Waals surface area contributed by atoms with Gasteiger partial charge in [0.05, 0.1) is 0 Å². The lowest BCUT2D eigenvalue weighted by molar-refractivity contribution is 0.224. The van der Waals surface area contributed by atoms with E-state index in [1.165, 1.54) is 77.0 Å². The molecule has 0 heterocycles. The molecule has 17 heavy (non-hydrogen) atoms. The molecule has 0 aliphatic heterocycles. The van der Waals surface area contributed by atoms with E-state index in [1.54, 1.807) is 0 Å². The largest absolute Gasteiger partial charge is 0.330 e. The zero-order chi connectivity index (χ0) is 12.3. The molecule has 2 unspecified atom stereocenters. The lowest BCUT2D eigenvalue weighted by atomic mass is 9.76. The molecule has 0 aromatic heterocycles. The van der Waals surface area contributed by atoms with Crippen LogP contribution >= 0.6 is 0 Å². The maximum Gasteiger partial charge on any atom is -0.00462 e. The van der Waals surface area contributed by atoms with Crippen LogP contribution in [0.5, 0.6) is 0 Å². The summed E-state index contributed by atoms with van der Waals surface area (Å²) in [5.41, 5.74) is 5.88. The average molecular weight is 239 g/mol. The first-order chi connectivity index (χ1) is 8.38. The Morgan fingerprint density at radius 2 is 1.41 bits per heavy atom. The molecule has 0 radical (unpaired) electrons. The Kier molecular flexibility index (Phi) is 8.78. The molecule has 1 fully saturated rings. The fourth-order valence-corrected chi connectivity index (χ4v) is 3.34. The van der Waals surface area contributed by atoms with E-state index in [4.69, 9.17) is 5.73 Å². The summed E-state index contributed by atoms with van der Waals surface area (Å²) in [6.45, 7) is 3.22. The Morgan fingerprint density at radius 1 is 0.824 bits per heavy atom. The van der Waals surface area contributed by atoms with Crippen molar-refractivity contribution in [2.24, 2.45) is 17.6 Å². The van der Waals surface area contributed by atoms with Crippen LogP contribution in [0, 0.1) is 11.8 Å². The molecule has 0 spiro atoms. The molecule has 1 aliphatic carbocycles. The molecule has 0 amide bonds. The molecule has 0 aromatic rings. The van der Waals surface area contributed by atoms with Gasteiger partial charge in [-0.15, -0.1) is 0 Å². The van der Waals surface area contributed by atoms with Gasteiger partial charge in [0.25, 0.3) is 0 Å². The van der Waals surface area contributed by atoms with Gasteiger partial charge in [0.2, 0.25) is 0 Å². The van der Waals surface area contributed by atoms with Gasteiger partial charge in [0, 0.05) is 0 Å². The molecule has 1 aliphatic rings. The Balaban J connectivity index is 1.97. The molecular weight excluding hydrogens is 206 g/mol. The number of rotatable bonds is 9. The van der Waals surface area contributed by atoms with Crippen LogP contribution in [0.4, 0.5) is 0 Å². The van der Waals surface area contributed by atoms with E-state index in [0.29, 0.717) is 0 Å². The first-order valence-electron chi connectivity index (χ1n) is 8.08. The van der Waals surface area contributed by atoms with Crippen LogP contribution in [0.1, 0.15) is 84.0 Å². The average Bonchev–Trinajstić information content (AvgIpc) is 2.38. The van der Waals surface area contributed by atoms with E-state index < -0.39 is 0 Å². The Hall–Kier alpha value is -0.0400. The van der Waals surface area contributed by atoms with Crippen molar-refractivity contribution < 1.29 is 0 Å². The molecule has 0 saturated heterocycles. The normalized spacial score (nSPS) is 25.1. The fourth-order valence-electron chi connectivity index (χ4n) is 3.34. The molecule has 0 aromatic carbocycles. The molecule has 1 heteroatoms. The molecular formula is C16H33N. The summed E-state index contributed by atoms with van der Waals surface area (Å²) in [5, 5.41) is 0. The lowest BCUT2D eigenvalue weighted by Crippen LogP contribution is -2.26. The predicted molar refractivity (Wildman–Crippen MR) is 77.1 cm³/mol. The standard InChI is InChI=1S/C16H33N/c1-2-3-4-5-6-7-8-11-15-12-9-10-13-16(15)14-17/h15-16H,2-14,17H2,1H3. The minimum atomic E-state index is 0.851. The second kappa shape index (κ2) is 9.94. The van der Waals surface area contributed by atoms with Gasteiger partial charge in [0.15, 0.2) is 0 Å². The highest BCUT2D eigenvalue weighted by atomic mass is 14.6. The van der Waals surface area contributed by atoms with Crippen molar-refractivity contribution in [1.29, 1.82) is 0 Å². The van der Waals surface area contributed by atoms with Gasteiger partial charge in [-0.1, -0.05) is 77.6 Å². The third kappa shape index (κ3) is 6.45. The second-order valence-electron chi connectivity index (χ2n) is 5.95. The van der Waals surface area contributed by atoms with Crippen LogP contribution in [0.15, 0.2) is 0 Å². The van der Waals surface area contributed by atoms with Crippen LogP contribution in [-0.2, 0) is 0 Å². The highest BCUT2D eigenvalue weighted by Gasteiger charge is 2.22. The summed E-state index contributed by atoms with van der Waals surface area (Å²) >= 11 is 0. The topological polar surface area (TPSA) is 26.0 Å². The zero-order valence-electron chi connectivity index (χ0n) is 11.9. The van der Waals surface area contributed by atoms with E-state index in [2.05, 4.69) is 6.92 Å². The van der Waals surface area contributed by atoms with E-state index in [0.717, 1.165) is 18.4 Å². The number of nitrogens with two attached hydrogens (primary N) is 1. The highest BCUT2D eigenvalue weighted by molar-refractivity contribution is 4.75. The molecule has 1 saturated carbocycles. The maximum atomic E-state index is 5.88. The summed E-state index contributed by atoms with van der Waals surface area (Å²) in [6.07, 6.45) is 17.3. The van der Waals surface area contributed by atoms with Crippen LogP contribution in [-0.4, -0.2) is 6.54 Å². The summed E-state index contributed by atoms with van der Waals surface area (Å²) in [6, 6.07) is 0. The zero-order valence-corrected chi connectivity index (χ0v) is 11.9. The van der Waals surface area contributed by atoms with Gasteiger partial charge >= 0.3 is 0 Å². The van der Waals surface area contributed by atoms with Crippen molar-refractivity contribution in [3.63, 3.8) is 0 Å². The summed E-state index contributed by atoms with van der Waals surface area (Å²) in [4.78, 5) is 0. The minimum absolute atomic E-state index is 0.851. The quantitative estimate of drug-likeness (QED) is 0.569. The second-order valence-corrected chi connectivity index (χ2v) is 5.95. The van der Waals surface area contributed by atoms with Gasteiger partial charge in [-0.2, -0.15) is 0 Å². The number of hydrogen-bond donors (Lipinski definition) is 1. The van der Waals surface area contributed by atoms with Crippen molar-refractivity contribution in [1.82, 2.24) is 0 Å².